The summed E-state index contributed by atoms with van der Waals surface area (Å²) < 4.78 is 22.2. The molecule has 143 heavy (non-hydrogen) atoms. The minimum atomic E-state index is -0.292. The fourth-order valence-corrected chi connectivity index (χ4v) is 27.6. The van der Waals surface area contributed by atoms with E-state index >= 15 is 0 Å². The summed E-state index contributed by atoms with van der Waals surface area (Å²) in [6, 6.07) is 151. The Morgan fingerprint density at radius 3 is 1.04 bits per heavy atom. The van der Waals surface area contributed by atoms with Crippen LogP contribution in [0.25, 0.3) is 296 Å². The van der Waals surface area contributed by atoms with Crippen molar-refractivity contribution in [3.05, 3.63) is 430 Å². The molecule has 0 aliphatic heterocycles. The first-order valence-corrected chi connectivity index (χ1v) is 51.6. The van der Waals surface area contributed by atoms with Crippen molar-refractivity contribution < 1.29 is 4.42 Å². The molecule has 666 valence electrons. The largest absolute Gasteiger partial charge is 0.436 e. The number of benzene rings is 21. The Bertz CT molecular complexity index is 10900. The van der Waals surface area contributed by atoms with Crippen molar-refractivity contribution in [1.82, 2.24) is 43.6 Å². The molecule has 0 saturated heterocycles. The van der Waals surface area contributed by atoms with E-state index in [0.29, 0.717) is 5.71 Å². The number of rotatable bonds is 6. The zero-order valence-electron chi connectivity index (χ0n) is 76.9. The van der Waals surface area contributed by atoms with Crippen LogP contribution in [-0.4, -0.2) is 43.6 Å². The van der Waals surface area contributed by atoms with Gasteiger partial charge in [-0.15, -0.1) is 45.3 Å². The van der Waals surface area contributed by atoms with Crippen LogP contribution in [0.2, 0.25) is 0 Å². The van der Waals surface area contributed by atoms with Gasteiger partial charge in [-0.3, -0.25) is 13.7 Å². The second kappa shape index (κ2) is 30.8. The quantitative estimate of drug-likeness (QED) is 0.163. The number of thiophene rings is 4. The Hall–Kier alpha value is -17.5. The predicted molar refractivity (Wildman–Crippen MR) is 607 cm³/mol. The Balaban J connectivity index is 0.0000000981. The molecule has 0 bridgehead atoms. The van der Waals surface area contributed by atoms with Crippen molar-refractivity contribution in [2.24, 2.45) is 0 Å². The number of furan rings is 1. The van der Waals surface area contributed by atoms with Gasteiger partial charge in [-0.1, -0.05) is 317 Å². The fourth-order valence-electron chi connectivity index (χ4n) is 23.1. The molecule has 11 heterocycles. The molecule has 32 aromatic rings. The highest BCUT2D eigenvalue weighted by atomic mass is 32.1. The third kappa shape index (κ3) is 12.2. The maximum absolute atomic E-state index is 6.37. The summed E-state index contributed by atoms with van der Waals surface area (Å²) in [6.45, 7) is 4.57. The van der Waals surface area contributed by atoms with Crippen LogP contribution in [0.4, 0.5) is 0 Å². The van der Waals surface area contributed by atoms with Gasteiger partial charge in [0.05, 0.1) is 44.5 Å². The van der Waals surface area contributed by atoms with Crippen molar-refractivity contribution in [1.29, 1.82) is 0 Å². The Morgan fingerprint density at radius 1 is 0.224 bits per heavy atom. The average Bonchev–Trinajstić information content (AvgIpc) is 1.55. The van der Waals surface area contributed by atoms with E-state index in [2.05, 4.69) is 428 Å². The predicted octanol–water partition coefficient (Wildman–Crippen LogP) is 36.3. The number of aromatic nitrogens is 9. The zero-order chi connectivity index (χ0) is 93.7. The minimum Gasteiger partial charge on any atom is -0.436 e. The highest BCUT2D eigenvalue weighted by Crippen LogP contribution is 2.53. The standard InChI is InChI=1S/C45H29N3S.C42H23N3OS.C42H23N3S2/c1-45(2)35-17-9-7-16-33(35)42-43(45)47-44(41(46-42)29-19-21-32-31-15-8-10-18-38(31)49-39(32)25-29)48-36-22-20-26-11-5-6-14-30(26)40(36)34-23-27-12-3-4-13-28(27)24-37(34)48;1-2-11-26-22-34-32(21-25(26)10-1)38-28-12-4-3-9-24(28)18-20-33(38)45(34)41-39(43-40-31-14-5-7-15-35(31)46-42(40)44-41)27-17-19-30-29-13-6-8-16-36(29)47-37(30)23-27;1-3-11-26-21-34-32(19-24(26)9-1)33-20-25-10-2-4-12-27(25)22-35(33)45(34)41-39(43-40-31-14-6-8-16-37(31)47-42(40)44-41)28-17-18-30-29-13-5-7-15-36(29)46-38(30)23-28/h3-25H,1-2H3;2*1-23H. The molecular weight excluding hydrogens is 1820 g/mol. The number of nitrogens with zero attached hydrogens (tertiary/aromatic N) is 9. The molecule has 1 aliphatic rings. The van der Waals surface area contributed by atoms with Crippen molar-refractivity contribution in [3.63, 3.8) is 0 Å². The summed E-state index contributed by atoms with van der Waals surface area (Å²) >= 11 is 7.21. The number of hydrogen-bond donors (Lipinski definition) is 0. The van der Waals surface area contributed by atoms with Crippen molar-refractivity contribution in [2.45, 2.75) is 19.3 Å². The van der Waals surface area contributed by atoms with Crippen molar-refractivity contribution in [2.75, 3.05) is 0 Å². The summed E-state index contributed by atoms with van der Waals surface area (Å²) in [5.74, 6) is 2.48. The number of hydrogen-bond acceptors (Lipinski definition) is 11. The van der Waals surface area contributed by atoms with Gasteiger partial charge in [-0.25, -0.2) is 24.9 Å². The Kier molecular flexibility index (Phi) is 17.3. The normalized spacial score (nSPS) is 12.7. The van der Waals surface area contributed by atoms with E-state index in [1.54, 1.807) is 11.3 Å². The molecule has 0 radical (unpaired) electrons. The molecule has 33 rings (SSSR count). The van der Waals surface area contributed by atoms with Crippen LogP contribution >= 0.6 is 45.3 Å². The molecule has 0 amide bonds. The van der Waals surface area contributed by atoms with E-state index in [9.17, 15) is 0 Å². The lowest BCUT2D eigenvalue weighted by Crippen LogP contribution is -2.18. The molecule has 1 aliphatic carbocycles. The molecule has 0 saturated carbocycles. The van der Waals surface area contributed by atoms with E-state index in [4.69, 9.17) is 34.3 Å². The van der Waals surface area contributed by atoms with E-state index in [1.165, 1.54) is 173 Å². The summed E-state index contributed by atoms with van der Waals surface area (Å²) in [7, 11) is 0. The molecule has 10 nitrogen and oxygen atoms in total. The van der Waals surface area contributed by atoms with Gasteiger partial charge >= 0.3 is 0 Å². The maximum atomic E-state index is 6.37. The van der Waals surface area contributed by atoms with Gasteiger partial charge in [0.15, 0.2) is 17.5 Å². The van der Waals surface area contributed by atoms with E-state index in [1.807, 2.05) is 52.2 Å². The molecule has 0 N–H and O–H groups in total. The van der Waals surface area contributed by atoms with Crippen LogP contribution < -0.4 is 0 Å². The van der Waals surface area contributed by atoms with Crippen LogP contribution in [0.1, 0.15) is 25.1 Å². The van der Waals surface area contributed by atoms with Crippen molar-refractivity contribution in [3.8, 4) is 62.5 Å². The zero-order valence-corrected chi connectivity index (χ0v) is 80.2. The fraction of sp³-hybridized carbons (Fsp3) is 0.0233. The lowest BCUT2D eigenvalue weighted by molar-refractivity contribution is 0.633. The SMILES string of the molecule is CC1(C)c2ccccc2-c2nc(-c3ccc4c(c3)sc3ccccc34)c(-n3c4cc5ccccc5cc4c4c5ccccc5ccc43)nc21.c1ccc2cc3c(cc2c1)c1c2ccccc2ccc1n3-c1nc2oc3ccccc3c2nc1-c1ccc2c(c1)sc1ccccc12.c1ccc2cc3c(cc2c1)c1cc2ccccc2cc1n3-c1nc2sc3ccccc3c2nc1-c1ccc2c(c1)sc1ccccc12. The van der Waals surface area contributed by atoms with Gasteiger partial charge < -0.3 is 4.42 Å². The Labute approximate surface area is 831 Å². The van der Waals surface area contributed by atoms with Crippen LogP contribution in [0.15, 0.2) is 423 Å². The molecule has 0 fully saturated rings. The van der Waals surface area contributed by atoms with Crippen molar-refractivity contribution >= 4 is 279 Å². The maximum Gasteiger partial charge on any atom is 0.248 e. The third-order valence-electron chi connectivity index (χ3n) is 29.8. The first kappa shape index (κ1) is 80.4. The second-order valence-corrected chi connectivity index (χ2v) is 42.5. The topological polar surface area (TPSA) is 105 Å². The molecule has 14 heteroatoms. The third-order valence-corrected chi connectivity index (χ3v) is 34.3. The minimum absolute atomic E-state index is 0.292. The van der Waals surface area contributed by atoms with Gasteiger partial charge in [0, 0.05) is 136 Å². The highest BCUT2D eigenvalue weighted by molar-refractivity contribution is 7.27. The van der Waals surface area contributed by atoms with E-state index in [0.717, 1.165) is 128 Å². The molecular formula is C129H75N9OS4. The van der Waals surface area contributed by atoms with Gasteiger partial charge in [0.1, 0.15) is 38.5 Å². The van der Waals surface area contributed by atoms with Crippen LogP contribution in [-0.2, 0) is 5.41 Å². The van der Waals surface area contributed by atoms with Gasteiger partial charge in [0.25, 0.3) is 0 Å². The summed E-state index contributed by atoms with van der Waals surface area (Å²) in [4.78, 5) is 34.1. The smallest absolute Gasteiger partial charge is 0.248 e. The monoisotopic (exact) mass is 1890 g/mol. The number of para-hydroxylation sites is 1. The highest BCUT2D eigenvalue weighted by Gasteiger charge is 2.40. The first-order chi connectivity index (χ1) is 70.6. The molecule has 0 unspecified atom stereocenters. The average molecular weight is 1900 g/mol. The van der Waals surface area contributed by atoms with Crippen LogP contribution in [0, 0.1) is 0 Å². The summed E-state index contributed by atoms with van der Waals surface area (Å²) in [5.41, 5.74) is 19.7. The van der Waals surface area contributed by atoms with Gasteiger partial charge in [0.2, 0.25) is 5.71 Å². The molecule has 11 aromatic heterocycles. The summed E-state index contributed by atoms with van der Waals surface area (Å²) in [6.07, 6.45) is 0. The summed E-state index contributed by atoms with van der Waals surface area (Å²) in [5, 5.41) is 31.7. The first-order valence-electron chi connectivity index (χ1n) is 48.3. The van der Waals surface area contributed by atoms with Crippen LogP contribution in [0.3, 0.4) is 0 Å². The second-order valence-electron chi connectivity index (χ2n) is 38.2. The van der Waals surface area contributed by atoms with E-state index < -0.39 is 0 Å². The van der Waals surface area contributed by atoms with Crippen LogP contribution in [0.5, 0.6) is 0 Å². The molecule has 0 atom stereocenters. The van der Waals surface area contributed by atoms with Gasteiger partial charge in [-0.05, 0) is 185 Å². The molecule has 0 spiro atoms. The molecule has 21 aromatic carbocycles. The number of fused-ring (bicyclic) bond motifs is 35. The van der Waals surface area contributed by atoms with E-state index in [-0.39, 0.29) is 5.41 Å². The lowest BCUT2D eigenvalue weighted by atomic mass is 9.85. The Morgan fingerprint density at radius 2 is 0.566 bits per heavy atom. The van der Waals surface area contributed by atoms with Gasteiger partial charge in [-0.2, -0.15) is 4.98 Å². The lowest BCUT2D eigenvalue weighted by Gasteiger charge is -2.22.